The Bertz CT molecular complexity index is 718. The van der Waals surface area contributed by atoms with Crippen molar-refractivity contribution in [2.24, 2.45) is 5.92 Å². The molecule has 5 heteroatoms. The lowest BCUT2D eigenvalue weighted by atomic mass is 9.76. The van der Waals surface area contributed by atoms with E-state index in [2.05, 4.69) is 10.3 Å². The molecule has 1 aromatic carbocycles. The van der Waals surface area contributed by atoms with Gasteiger partial charge in [-0.3, -0.25) is 4.79 Å². The molecule has 4 nitrogen and oxygen atoms in total. The summed E-state index contributed by atoms with van der Waals surface area (Å²) in [6.45, 7) is 0.811. The van der Waals surface area contributed by atoms with Crippen molar-refractivity contribution >= 4 is 28.4 Å². The van der Waals surface area contributed by atoms with Crippen LogP contribution >= 0.6 is 11.6 Å². The monoisotopic (exact) mass is 302 g/mol. The van der Waals surface area contributed by atoms with Crippen LogP contribution in [0.5, 0.6) is 0 Å². The number of carbonyl (C=O) groups excluding carboxylic acids is 1. The summed E-state index contributed by atoms with van der Waals surface area (Å²) >= 11 is 6.14. The zero-order valence-corrected chi connectivity index (χ0v) is 12.1. The van der Waals surface area contributed by atoms with Crippen molar-refractivity contribution in [3.8, 4) is 0 Å². The average molecular weight is 303 g/mol. The Balaban J connectivity index is 1.55. The van der Waals surface area contributed by atoms with Gasteiger partial charge in [0.2, 0.25) is 0 Å². The van der Waals surface area contributed by atoms with E-state index in [0.29, 0.717) is 28.3 Å². The van der Waals surface area contributed by atoms with Gasteiger partial charge in [-0.2, -0.15) is 0 Å². The normalized spacial score (nSPS) is 27.2. The SMILES string of the molecule is O=C(N[C@@H]1C[C@@H]2OCC[C@@H]21)c1ccc2cccc(Cl)c2n1. The number of fused-ring (bicyclic) bond motifs is 2. The Labute approximate surface area is 127 Å². The first-order valence-electron chi connectivity index (χ1n) is 7.20. The van der Waals surface area contributed by atoms with E-state index in [4.69, 9.17) is 16.3 Å². The Morgan fingerprint density at radius 3 is 3.10 bits per heavy atom. The van der Waals surface area contributed by atoms with E-state index in [1.807, 2.05) is 18.2 Å². The molecule has 108 valence electrons. The summed E-state index contributed by atoms with van der Waals surface area (Å²) in [6, 6.07) is 9.43. The van der Waals surface area contributed by atoms with E-state index in [0.717, 1.165) is 24.8 Å². The molecule has 2 fully saturated rings. The molecule has 0 unspecified atom stereocenters. The van der Waals surface area contributed by atoms with Crippen LogP contribution in [0.3, 0.4) is 0 Å². The molecule has 0 bridgehead atoms. The van der Waals surface area contributed by atoms with Crippen molar-refractivity contribution in [1.82, 2.24) is 10.3 Å². The maximum absolute atomic E-state index is 12.3. The Morgan fingerprint density at radius 1 is 1.33 bits per heavy atom. The van der Waals surface area contributed by atoms with Crippen molar-refractivity contribution in [3.63, 3.8) is 0 Å². The van der Waals surface area contributed by atoms with Gasteiger partial charge in [0.05, 0.1) is 16.6 Å². The van der Waals surface area contributed by atoms with Crippen LogP contribution in [0.25, 0.3) is 10.9 Å². The molecule has 1 amide bonds. The van der Waals surface area contributed by atoms with Crippen LogP contribution in [0, 0.1) is 5.92 Å². The predicted octanol–water partition coefficient (Wildman–Crippen LogP) is 2.80. The van der Waals surface area contributed by atoms with Gasteiger partial charge in [-0.05, 0) is 25.0 Å². The van der Waals surface area contributed by atoms with Crippen LogP contribution in [0.15, 0.2) is 30.3 Å². The molecule has 1 saturated heterocycles. The minimum Gasteiger partial charge on any atom is -0.378 e. The molecule has 2 heterocycles. The number of carbonyl (C=O) groups is 1. The first-order valence-corrected chi connectivity index (χ1v) is 7.58. The minimum absolute atomic E-state index is 0.132. The molecular formula is C16H15ClN2O2. The van der Waals surface area contributed by atoms with E-state index >= 15 is 0 Å². The number of aromatic nitrogens is 1. The van der Waals surface area contributed by atoms with E-state index in [1.54, 1.807) is 12.1 Å². The molecule has 0 radical (unpaired) electrons. The van der Waals surface area contributed by atoms with Crippen LogP contribution in [-0.2, 0) is 4.74 Å². The first-order chi connectivity index (χ1) is 10.2. The summed E-state index contributed by atoms with van der Waals surface area (Å²) in [5.74, 6) is 0.338. The number of pyridine rings is 1. The molecule has 21 heavy (non-hydrogen) atoms. The van der Waals surface area contributed by atoms with Gasteiger partial charge in [0.25, 0.3) is 5.91 Å². The molecular weight excluding hydrogens is 288 g/mol. The fourth-order valence-corrected chi connectivity index (χ4v) is 3.47. The molecule has 1 saturated carbocycles. The highest BCUT2D eigenvalue weighted by atomic mass is 35.5. The highest BCUT2D eigenvalue weighted by molar-refractivity contribution is 6.35. The molecule has 1 aromatic heterocycles. The van der Waals surface area contributed by atoms with E-state index in [-0.39, 0.29) is 11.9 Å². The van der Waals surface area contributed by atoms with Gasteiger partial charge in [0.1, 0.15) is 5.69 Å². The second kappa shape index (κ2) is 4.97. The third-order valence-electron chi connectivity index (χ3n) is 4.48. The molecule has 1 N–H and O–H groups in total. The van der Waals surface area contributed by atoms with Gasteiger partial charge < -0.3 is 10.1 Å². The summed E-state index contributed by atoms with van der Waals surface area (Å²) in [7, 11) is 0. The molecule has 3 atom stereocenters. The summed E-state index contributed by atoms with van der Waals surface area (Å²) in [6.07, 6.45) is 2.28. The highest BCUT2D eigenvalue weighted by Crippen LogP contribution is 2.38. The number of hydrogen-bond acceptors (Lipinski definition) is 3. The number of rotatable bonds is 2. The molecule has 4 rings (SSSR count). The van der Waals surface area contributed by atoms with Gasteiger partial charge in [0.15, 0.2) is 0 Å². The molecule has 0 spiro atoms. The van der Waals surface area contributed by atoms with Crippen molar-refractivity contribution in [1.29, 1.82) is 0 Å². The van der Waals surface area contributed by atoms with E-state index < -0.39 is 0 Å². The van der Waals surface area contributed by atoms with Crippen LogP contribution in [-0.4, -0.2) is 29.6 Å². The maximum Gasteiger partial charge on any atom is 0.270 e. The van der Waals surface area contributed by atoms with Gasteiger partial charge in [-0.1, -0.05) is 29.8 Å². The van der Waals surface area contributed by atoms with E-state index in [1.165, 1.54) is 0 Å². The number of ether oxygens (including phenoxy) is 1. The van der Waals surface area contributed by atoms with Crippen LogP contribution in [0.1, 0.15) is 23.3 Å². The van der Waals surface area contributed by atoms with Gasteiger partial charge in [0, 0.05) is 24.0 Å². The molecule has 1 aliphatic carbocycles. The highest BCUT2D eigenvalue weighted by Gasteiger charge is 2.45. The number of benzene rings is 1. The quantitative estimate of drug-likeness (QED) is 0.928. The molecule has 1 aliphatic heterocycles. The van der Waals surface area contributed by atoms with Gasteiger partial charge in [-0.15, -0.1) is 0 Å². The summed E-state index contributed by atoms with van der Waals surface area (Å²) in [4.78, 5) is 16.7. The predicted molar refractivity (Wildman–Crippen MR) is 80.5 cm³/mol. The number of nitrogens with one attached hydrogen (secondary N) is 1. The topological polar surface area (TPSA) is 51.2 Å². The van der Waals surface area contributed by atoms with E-state index in [9.17, 15) is 4.79 Å². The van der Waals surface area contributed by atoms with Crippen molar-refractivity contribution in [3.05, 3.63) is 41.0 Å². The summed E-state index contributed by atoms with van der Waals surface area (Å²) < 4.78 is 5.56. The number of nitrogens with zero attached hydrogens (tertiary/aromatic N) is 1. The number of halogens is 1. The third kappa shape index (κ3) is 2.19. The second-order valence-electron chi connectivity index (χ2n) is 5.69. The number of amides is 1. The Morgan fingerprint density at radius 2 is 2.24 bits per heavy atom. The standard InChI is InChI=1S/C16H15ClN2O2/c17-11-3-1-2-9-4-5-12(18-15(9)11)16(20)19-13-8-14-10(13)6-7-21-14/h1-5,10,13-14H,6-8H2,(H,19,20)/t10-,13-,14+/m1/s1. The van der Waals surface area contributed by atoms with Crippen LogP contribution in [0.4, 0.5) is 0 Å². The lowest BCUT2D eigenvalue weighted by Crippen LogP contribution is -2.53. The summed E-state index contributed by atoms with van der Waals surface area (Å²) in [5, 5.41) is 4.57. The maximum atomic E-state index is 12.3. The Hall–Kier alpha value is -1.65. The van der Waals surface area contributed by atoms with Crippen molar-refractivity contribution < 1.29 is 9.53 Å². The first kappa shape index (κ1) is 13.0. The van der Waals surface area contributed by atoms with Crippen molar-refractivity contribution in [2.45, 2.75) is 25.0 Å². The lowest BCUT2D eigenvalue weighted by Gasteiger charge is -2.39. The minimum atomic E-state index is -0.132. The zero-order valence-electron chi connectivity index (χ0n) is 11.4. The van der Waals surface area contributed by atoms with Gasteiger partial charge in [-0.25, -0.2) is 4.98 Å². The zero-order chi connectivity index (χ0) is 14.4. The largest absolute Gasteiger partial charge is 0.378 e. The molecule has 2 aliphatic rings. The van der Waals surface area contributed by atoms with Crippen molar-refractivity contribution in [2.75, 3.05) is 6.61 Å². The van der Waals surface area contributed by atoms with Crippen LogP contribution in [0.2, 0.25) is 5.02 Å². The fraction of sp³-hybridized carbons (Fsp3) is 0.375. The number of para-hydroxylation sites is 1. The Kier molecular flexibility index (Phi) is 3.08. The smallest absolute Gasteiger partial charge is 0.270 e. The van der Waals surface area contributed by atoms with Gasteiger partial charge >= 0.3 is 0 Å². The fourth-order valence-electron chi connectivity index (χ4n) is 3.24. The third-order valence-corrected chi connectivity index (χ3v) is 4.79. The number of hydrogen-bond donors (Lipinski definition) is 1. The molecule has 2 aromatic rings. The average Bonchev–Trinajstić information content (AvgIpc) is 2.86. The second-order valence-corrected chi connectivity index (χ2v) is 6.09. The van der Waals surface area contributed by atoms with Crippen LogP contribution < -0.4 is 5.32 Å². The lowest BCUT2D eigenvalue weighted by molar-refractivity contribution is 0.00803. The summed E-state index contributed by atoms with van der Waals surface area (Å²) in [5.41, 5.74) is 1.08.